The van der Waals surface area contributed by atoms with E-state index >= 15 is 0 Å². The maximum absolute atomic E-state index is 14.7. The van der Waals surface area contributed by atoms with Gasteiger partial charge in [0, 0.05) is 5.92 Å². The van der Waals surface area contributed by atoms with E-state index in [1.54, 1.807) is 6.92 Å². The largest absolute Gasteiger partial charge is 0.494 e. The third kappa shape index (κ3) is 5.49. The molecule has 0 bridgehead atoms. The molecule has 268 valence electrons. The molecule has 0 amide bonds. The smallest absolute Gasteiger partial charge is 0.460 e. The minimum absolute atomic E-state index is 0.226. The van der Waals surface area contributed by atoms with Crippen LogP contribution in [0, 0.1) is 5.92 Å². The van der Waals surface area contributed by atoms with Crippen LogP contribution in [0.25, 0.3) is 0 Å². The van der Waals surface area contributed by atoms with Crippen LogP contribution in [-0.4, -0.2) is 66.1 Å². The third-order valence-corrected chi connectivity index (χ3v) is 7.44. The average molecular weight is 722 g/mol. The van der Waals surface area contributed by atoms with Gasteiger partial charge in [-0.3, -0.25) is 0 Å². The van der Waals surface area contributed by atoms with E-state index in [9.17, 15) is 92.2 Å². The Hall–Kier alpha value is -2.45. The maximum atomic E-state index is 14.7. The highest BCUT2D eigenvalue weighted by Gasteiger charge is 2.98. The molecule has 1 aliphatic rings. The quantitative estimate of drug-likeness (QED) is 0.195. The van der Waals surface area contributed by atoms with Crippen LogP contribution in [-0.2, 0) is 0 Å². The van der Waals surface area contributed by atoms with Crippen LogP contribution in [0.1, 0.15) is 44.1 Å². The molecule has 1 saturated carbocycles. The zero-order valence-corrected chi connectivity index (χ0v) is 22.3. The highest BCUT2D eigenvalue weighted by atomic mass is 19.4. The van der Waals surface area contributed by atoms with Gasteiger partial charge in [-0.05, 0) is 56.2 Å². The molecule has 0 atom stereocenters. The van der Waals surface area contributed by atoms with Gasteiger partial charge in [-0.15, -0.1) is 0 Å². The first-order valence-corrected chi connectivity index (χ1v) is 12.5. The van der Waals surface area contributed by atoms with Crippen molar-refractivity contribution in [1.82, 2.24) is 0 Å². The fourth-order valence-electron chi connectivity index (χ4n) is 4.62. The first-order chi connectivity index (χ1) is 20.3. The first kappa shape index (κ1) is 39.7. The Labute approximate surface area is 244 Å². The SMILES string of the molecule is CCOc1ccc(C2CCC(C(F)(F)C(F)(F)C(F)(F)C(F)(F)C(F)(F)C(F)(F)C(F)(F)C(F)(F)C(F)(F)C(F)(F)F)CC2)cc1. The van der Waals surface area contributed by atoms with E-state index in [2.05, 4.69) is 0 Å². The molecular weight excluding hydrogens is 703 g/mol. The van der Waals surface area contributed by atoms with Gasteiger partial charge in [-0.1, -0.05) is 12.1 Å². The summed E-state index contributed by atoms with van der Waals surface area (Å²) in [6.45, 7) is 1.84. The molecule has 0 spiro atoms. The Morgan fingerprint density at radius 2 is 0.804 bits per heavy atom. The van der Waals surface area contributed by atoms with Crippen molar-refractivity contribution in [2.45, 2.75) is 98.0 Å². The fourth-order valence-corrected chi connectivity index (χ4v) is 4.62. The molecule has 0 heterocycles. The molecule has 1 aliphatic carbocycles. The highest BCUT2D eigenvalue weighted by Crippen LogP contribution is 2.67. The van der Waals surface area contributed by atoms with E-state index in [1.165, 1.54) is 24.3 Å². The van der Waals surface area contributed by atoms with Crippen molar-refractivity contribution in [2.75, 3.05) is 6.61 Å². The molecule has 0 aromatic heterocycles. The number of rotatable bonds is 12. The molecule has 1 aromatic carbocycles. The number of hydrogen-bond donors (Lipinski definition) is 0. The summed E-state index contributed by atoms with van der Waals surface area (Å²) in [5.41, 5.74) is 0.351. The lowest BCUT2D eigenvalue weighted by Gasteiger charge is -2.46. The van der Waals surface area contributed by atoms with Crippen LogP contribution in [0.3, 0.4) is 0 Å². The summed E-state index contributed by atoms with van der Waals surface area (Å²) >= 11 is 0. The van der Waals surface area contributed by atoms with E-state index in [1.807, 2.05) is 0 Å². The molecule has 0 radical (unpaired) electrons. The lowest BCUT2D eigenvalue weighted by atomic mass is 9.73. The minimum atomic E-state index is -9.16. The van der Waals surface area contributed by atoms with E-state index in [4.69, 9.17) is 4.74 Å². The second kappa shape index (κ2) is 11.6. The Kier molecular flexibility index (Phi) is 10.0. The zero-order chi connectivity index (χ0) is 36.4. The van der Waals surface area contributed by atoms with Crippen LogP contribution in [0.2, 0.25) is 0 Å². The molecule has 1 aromatic rings. The summed E-state index contributed by atoms with van der Waals surface area (Å²) in [5.74, 6) is -80.1. The average Bonchev–Trinajstić information content (AvgIpc) is 2.92. The number of halogens is 21. The lowest BCUT2D eigenvalue weighted by Crippen LogP contribution is -2.77. The van der Waals surface area contributed by atoms with Gasteiger partial charge in [0.05, 0.1) is 6.61 Å². The van der Waals surface area contributed by atoms with Crippen LogP contribution in [0.4, 0.5) is 92.2 Å². The van der Waals surface area contributed by atoms with E-state index in [-0.39, 0.29) is 6.61 Å². The van der Waals surface area contributed by atoms with Crippen molar-refractivity contribution in [3.63, 3.8) is 0 Å². The van der Waals surface area contributed by atoms with Gasteiger partial charge in [0.25, 0.3) is 0 Å². The van der Waals surface area contributed by atoms with Crippen molar-refractivity contribution >= 4 is 0 Å². The van der Waals surface area contributed by atoms with Gasteiger partial charge < -0.3 is 4.74 Å². The van der Waals surface area contributed by atoms with Gasteiger partial charge in [-0.25, -0.2) is 0 Å². The number of alkyl halides is 21. The molecule has 22 heteroatoms. The van der Waals surface area contributed by atoms with Crippen molar-refractivity contribution in [1.29, 1.82) is 0 Å². The second-order valence-electron chi connectivity index (χ2n) is 10.3. The van der Waals surface area contributed by atoms with E-state index < -0.39 is 97.0 Å². The first-order valence-electron chi connectivity index (χ1n) is 12.5. The van der Waals surface area contributed by atoms with Gasteiger partial charge in [-0.2, -0.15) is 92.2 Å². The van der Waals surface area contributed by atoms with Crippen molar-refractivity contribution in [3.05, 3.63) is 29.8 Å². The van der Waals surface area contributed by atoms with Crippen molar-refractivity contribution < 1.29 is 96.9 Å². The molecule has 46 heavy (non-hydrogen) atoms. The summed E-state index contributed by atoms with van der Waals surface area (Å²) in [4.78, 5) is 0. The van der Waals surface area contributed by atoms with Gasteiger partial charge in [0.2, 0.25) is 0 Å². The molecule has 1 fully saturated rings. The van der Waals surface area contributed by atoms with Gasteiger partial charge in [0.1, 0.15) is 5.75 Å². The minimum Gasteiger partial charge on any atom is -0.494 e. The predicted molar refractivity (Wildman–Crippen MR) is 113 cm³/mol. The van der Waals surface area contributed by atoms with Crippen molar-refractivity contribution in [2.24, 2.45) is 5.92 Å². The van der Waals surface area contributed by atoms with Gasteiger partial charge in [0.15, 0.2) is 0 Å². The van der Waals surface area contributed by atoms with Crippen molar-refractivity contribution in [3.8, 4) is 5.75 Å². The Morgan fingerprint density at radius 3 is 1.13 bits per heavy atom. The molecule has 1 nitrogen and oxygen atoms in total. The summed E-state index contributed by atoms with van der Waals surface area (Å²) < 4.78 is 292. The molecular formula is C24H19F21O. The number of ether oxygens (including phenoxy) is 1. The summed E-state index contributed by atoms with van der Waals surface area (Å²) in [6, 6.07) is 5.53. The van der Waals surface area contributed by atoms with Crippen LogP contribution >= 0.6 is 0 Å². The van der Waals surface area contributed by atoms with Crippen LogP contribution in [0.15, 0.2) is 24.3 Å². The molecule has 0 unspecified atom stereocenters. The monoisotopic (exact) mass is 722 g/mol. The lowest BCUT2D eigenvalue weighted by molar-refractivity contribution is -0.475. The third-order valence-electron chi connectivity index (χ3n) is 7.44. The fraction of sp³-hybridized carbons (Fsp3) is 0.750. The number of benzene rings is 1. The van der Waals surface area contributed by atoms with E-state index in [0.29, 0.717) is 11.3 Å². The molecule has 0 saturated heterocycles. The number of hydrogen-bond acceptors (Lipinski definition) is 1. The predicted octanol–water partition coefficient (Wildman–Crippen LogP) is 10.6. The normalized spacial score (nSPS) is 20.6. The van der Waals surface area contributed by atoms with Crippen LogP contribution in [0.5, 0.6) is 5.75 Å². The summed E-state index contributed by atoms with van der Waals surface area (Å²) in [6.07, 6.45) is -11.6. The molecule has 0 N–H and O–H groups in total. The molecule has 0 aliphatic heterocycles. The topological polar surface area (TPSA) is 9.23 Å². The Morgan fingerprint density at radius 1 is 0.478 bits per heavy atom. The van der Waals surface area contributed by atoms with Gasteiger partial charge >= 0.3 is 59.5 Å². The van der Waals surface area contributed by atoms with Crippen LogP contribution < -0.4 is 4.74 Å². The summed E-state index contributed by atoms with van der Waals surface area (Å²) in [7, 11) is 0. The maximum Gasteiger partial charge on any atom is 0.460 e. The zero-order valence-electron chi connectivity index (χ0n) is 22.3. The second-order valence-corrected chi connectivity index (χ2v) is 10.3. The summed E-state index contributed by atoms with van der Waals surface area (Å²) in [5, 5.41) is 0. The standard InChI is InChI=1S/C24H19F21O/c1-2-46-14-9-5-12(6-10-14)11-3-7-13(8-4-11)15(25,26)16(27,28)17(29,30)18(31,32)19(33,34)20(35,36)21(37,38)22(39,40)23(41,42)24(43,44)45/h5-6,9-11,13H,2-4,7-8H2,1H3. The Balaban J connectivity index is 2.45. The highest BCUT2D eigenvalue weighted by molar-refractivity contribution is 5.30. The Bertz CT molecular complexity index is 1190. The molecule has 2 rings (SSSR count). The van der Waals surface area contributed by atoms with E-state index in [0.717, 1.165) is 0 Å².